The summed E-state index contributed by atoms with van der Waals surface area (Å²) in [4.78, 5) is 10.5. The monoisotopic (exact) mass is 173 g/mol. The lowest BCUT2D eigenvalue weighted by Gasteiger charge is -2.26. The van der Waals surface area contributed by atoms with Crippen LogP contribution in [0.15, 0.2) is 0 Å². The molecule has 70 valence electrons. The molecule has 12 heavy (non-hydrogen) atoms. The van der Waals surface area contributed by atoms with Gasteiger partial charge in [-0.2, -0.15) is 0 Å². The van der Waals surface area contributed by atoms with Crippen molar-refractivity contribution >= 4 is 5.97 Å². The Kier molecular flexibility index (Phi) is 2.69. The van der Waals surface area contributed by atoms with Crippen molar-refractivity contribution in [2.75, 3.05) is 13.2 Å². The average Bonchev–Trinajstić information content (AvgIpc) is 2.35. The second kappa shape index (κ2) is 3.41. The first-order valence-corrected chi connectivity index (χ1v) is 4.12. The van der Waals surface area contributed by atoms with Crippen LogP contribution in [0.2, 0.25) is 0 Å². The fourth-order valence-corrected chi connectivity index (χ4v) is 1.37. The molecule has 4 heteroatoms. The summed E-state index contributed by atoms with van der Waals surface area (Å²) in [6.45, 7) is 4.95. The number of ether oxygens (including phenoxy) is 1. The van der Waals surface area contributed by atoms with Gasteiger partial charge in [-0.25, -0.2) is 0 Å². The van der Waals surface area contributed by atoms with Crippen molar-refractivity contribution in [3.05, 3.63) is 0 Å². The molecule has 2 atom stereocenters. The normalized spacial score (nSPS) is 31.8. The van der Waals surface area contributed by atoms with Gasteiger partial charge in [0, 0.05) is 12.1 Å². The van der Waals surface area contributed by atoms with E-state index in [0.717, 1.165) is 13.0 Å². The van der Waals surface area contributed by atoms with Crippen LogP contribution < -0.4 is 5.32 Å². The van der Waals surface area contributed by atoms with E-state index in [1.807, 2.05) is 6.92 Å². The highest BCUT2D eigenvalue weighted by Crippen LogP contribution is 2.17. The number of hydrogen-bond acceptors (Lipinski definition) is 3. The van der Waals surface area contributed by atoms with Crippen LogP contribution in [0.4, 0.5) is 0 Å². The fraction of sp³-hybridized carbons (Fsp3) is 0.875. The second-order valence-electron chi connectivity index (χ2n) is 3.57. The quantitative estimate of drug-likeness (QED) is 0.641. The highest BCUT2D eigenvalue weighted by atomic mass is 16.5. The molecule has 0 aromatic carbocycles. The predicted octanol–water partition coefficient (Wildman–Crippen LogP) is 0.228. The minimum Gasteiger partial charge on any atom is -0.480 e. The van der Waals surface area contributed by atoms with Gasteiger partial charge in [0.2, 0.25) is 0 Å². The molecule has 0 amide bonds. The molecule has 0 radical (unpaired) electrons. The molecule has 4 nitrogen and oxygen atoms in total. The zero-order chi connectivity index (χ0) is 9.19. The number of carboxylic acids is 1. The molecule has 0 saturated carbocycles. The molecule has 1 aliphatic rings. The molecule has 0 aromatic rings. The molecule has 1 heterocycles. The lowest BCUT2D eigenvalue weighted by molar-refractivity contribution is -0.139. The van der Waals surface area contributed by atoms with Gasteiger partial charge in [-0.05, 0) is 20.3 Å². The average molecular weight is 173 g/mol. The molecule has 2 N–H and O–H groups in total. The van der Waals surface area contributed by atoms with Crippen LogP contribution in [0.25, 0.3) is 0 Å². The van der Waals surface area contributed by atoms with Crippen molar-refractivity contribution in [2.45, 2.75) is 31.8 Å². The summed E-state index contributed by atoms with van der Waals surface area (Å²) in [5, 5.41) is 11.7. The van der Waals surface area contributed by atoms with E-state index in [1.165, 1.54) is 0 Å². The summed E-state index contributed by atoms with van der Waals surface area (Å²) in [5.41, 5.74) is -0.155. The maximum Gasteiger partial charge on any atom is 0.320 e. The highest BCUT2D eigenvalue weighted by Gasteiger charge is 2.32. The van der Waals surface area contributed by atoms with Gasteiger partial charge in [-0.3, -0.25) is 10.1 Å². The van der Waals surface area contributed by atoms with Gasteiger partial charge in [-0.15, -0.1) is 0 Å². The van der Waals surface area contributed by atoms with Crippen LogP contribution in [-0.4, -0.2) is 35.9 Å². The smallest absolute Gasteiger partial charge is 0.320 e. The molecule has 1 aliphatic heterocycles. The van der Waals surface area contributed by atoms with Gasteiger partial charge in [0.05, 0.1) is 6.61 Å². The zero-order valence-corrected chi connectivity index (χ0v) is 7.46. The molecule has 2 unspecified atom stereocenters. The number of nitrogens with one attached hydrogen (secondary N) is 1. The third kappa shape index (κ3) is 2.19. The van der Waals surface area contributed by atoms with Crippen molar-refractivity contribution in [3.8, 4) is 0 Å². The number of rotatable bonds is 3. The Morgan fingerprint density at radius 1 is 1.75 bits per heavy atom. The molecule has 0 aromatic heterocycles. The standard InChI is InChI=1S/C8H15NO3/c1-6(7(10)11)9-8(2)3-4-12-5-8/h6,9H,3-5H2,1-2H3,(H,10,11). The summed E-state index contributed by atoms with van der Waals surface area (Å²) < 4.78 is 5.19. The fourth-order valence-electron chi connectivity index (χ4n) is 1.37. The maximum atomic E-state index is 10.5. The Labute approximate surface area is 71.9 Å². The van der Waals surface area contributed by atoms with E-state index in [0.29, 0.717) is 6.61 Å². The summed E-state index contributed by atoms with van der Waals surface area (Å²) in [6, 6.07) is -0.503. The van der Waals surface area contributed by atoms with E-state index in [2.05, 4.69) is 5.32 Å². The first-order chi connectivity index (χ1) is 5.53. The van der Waals surface area contributed by atoms with Crippen LogP contribution in [0.3, 0.4) is 0 Å². The van der Waals surface area contributed by atoms with Gasteiger partial charge in [0.1, 0.15) is 6.04 Å². The second-order valence-corrected chi connectivity index (χ2v) is 3.57. The molecule has 0 bridgehead atoms. The summed E-state index contributed by atoms with van der Waals surface area (Å²) in [5.74, 6) is -0.817. The predicted molar refractivity (Wildman–Crippen MR) is 44.1 cm³/mol. The topological polar surface area (TPSA) is 58.6 Å². The van der Waals surface area contributed by atoms with Crippen LogP contribution in [0.5, 0.6) is 0 Å². The van der Waals surface area contributed by atoms with Crippen molar-refractivity contribution in [1.82, 2.24) is 5.32 Å². The summed E-state index contributed by atoms with van der Waals surface area (Å²) in [6.07, 6.45) is 0.880. The first kappa shape index (κ1) is 9.48. The molecule has 0 aliphatic carbocycles. The van der Waals surface area contributed by atoms with Gasteiger partial charge < -0.3 is 9.84 Å². The van der Waals surface area contributed by atoms with Gasteiger partial charge >= 0.3 is 5.97 Å². The van der Waals surface area contributed by atoms with Crippen LogP contribution in [-0.2, 0) is 9.53 Å². The zero-order valence-electron chi connectivity index (χ0n) is 7.46. The largest absolute Gasteiger partial charge is 0.480 e. The van der Waals surface area contributed by atoms with E-state index in [4.69, 9.17) is 9.84 Å². The molecular formula is C8H15NO3. The third-order valence-electron chi connectivity index (χ3n) is 2.15. The summed E-state index contributed by atoms with van der Waals surface area (Å²) in [7, 11) is 0. The van der Waals surface area contributed by atoms with Crippen LogP contribution >= 0.6 is 0 Å². The number of carbonyl (C=O) groups is 1. The van der Waals surface area contributed by atoms with E-state index >= 15 is 0 Å². The third-order valence-corrected chi connectivity index (χ3v) is 2.15. The molecule has 0 spiro atoms. The number of carboxylic acid groups (broad SMARTS) is 1. The van der Waals surface area contributed by atoms with Gasteiger partial charge in [0.25, 0.3) is 0 Å². The lowest BCUT2D eigenvalue weighted by Crippen LogP contribution is -2.50. The minimum absolute atomic E-state index is 0.155. The lowest BCUT2D eigenvalue weighted by atomic mass is 10.0. The van der Waals surface area contributed by atoms with Gasteiger partial charge in [-0.1, -0.05) is 0 Å². The Morgan fingerprint density at radius 3 is 2.83 bits per heavy atom. The van der Waals surface area contributed by atoms with Crippen LogP contribution in [0, 0.1) is 0 Å². The van der Waals surface area contributed by atoms with E-state index < -0.39 is 12.0 Å². The molecule has 1 rings (SSSR count). The highest BCUT2D eigenvalue weighted by molar-refractivity contribution is 5.72. The summed E-state index contributed by atoms with van der Waals surface area (Å²) >= 11 is 0. The number of hydrogen-bond donors (Lipinski definition) is 2. The Hall–Kier alpha value is -0.610. The Morgan fingerprint density at radius 2 is 2.42 bits per heavy atom. The van der Waals surface area contributed by atoms with E-state index in [9.17, 15) is 4.79 Å². The maximum absolute atomic E-state index is 10.5. The molecule has 1 saturated heterocycles. The minimum atomic E-state index is -0.817. The van der Waals surface area contributed by atoms with E-state index in [1.54, 1.807) is 6.92 Å². The van der Waals surface area contributed by atoms with E-state index in [-0.39, 0.29) is 5.54 Å². The van der Waals surface area contributed by atoms with Crippen molar-refractivity contribution in [3.63, 3.8) is 0 Å². The Bertz CT molecular complexity index is 175. The SMILES string of the molecule is CC(NC1(C)CCOC1)C(=O)O. The van der Waals surface area contributed by atoms with Gasteiger partial charge in [0.15, 0.2) is 0 Å². The van der Waals surface area contributed by atoms with Crippen molar-refractivity contribution < 1.29 is 14.6 Å². The molecule has 1 fully saturated rings. The van der Waals surface area contributed by atoms with Crippen molar-refractivity contribution in [1.29, 1.82) is 0 Å². The molecular weight excluding hydrogens is 158 g/mol. The Balaban J connectivity index is 2.43. The van der Waals surface area contributed by atoms with Crippen molar-refractivity contribution in [2.24, 2.45) is 0 Å². The number of aliphatic carboxylic acids is 1. The van der Waals surface area contributed by atoms with Crippen LogP contribution in [0.1, 0.15) is 20.3 Å². The first-order valence-electron chi connectivity index (χ1n) is 4.12.